The van der Waals surface area contributed by atoms with E-state index in [9.17, 15) is 0 Å². The summed E-state index contributed by atoms with van der Waals surface area (Å²) in [5.74, 6) is 1.43. The van der Waals surface area contributed by atoms with Crippen LogP contribution in [0, 0.1) is 13.8 Å². The summed E-state index contributed by atoms with van der Waals surface area (Å²) in [6.07, 6.45) is 1.80. The van der Waals surface area contributed by atoms with Crippen LogP contribution in [0.2, 0.25) is 5.02 Å². The van der Waals surface area contributed by atoms with Crippen molar-refractivity contribution >= 4 is 34.0 Å². The lowest BCUT2D eigenvalue weighted by molar-refractivity contribution is 1.06. The molecule has 6 heteroatoms. The van der Waals surface area contributed by atoms with Gasteiger partial charge in [0.25, 0.3) is 0 Å². The number of hydrogen-bond donors (Lipinski definition) is 2. The Morgan fingerprint density at radius 1 is 1.00 bits per heavy atom. The third kappa shape index (κ3) is 3.19. The van der Waals surface area contributed by atoms with Gasteiger partial charge < -0.3 is 5.32 Å². The Labute approximate surface area is 150 Å². The number of aromatic nitrogens is 4. The van der Waals surface area contributed by atoms with Crippen LogP contribution in [0.25, 0.3) is 22.2 Å². The molecule has 0 fully saturated rings. The SMILES string of the molecule is Cc1nc(Nc2ccc3cn[nH]c3c2)cc(-c2cc(Cl)ccc2C)n1. The Balaban J connectivity index is 1.73. The highest BCUT2D eigenvalue weighted by Crippen LogP contribution is 2.28. The zero-order chi connectivity index (χ0) is 17.4. The minimum Gasteiger partial charge on any atom is -0.340 e. The molecule has 0 saturated heterocycles. The summed E-state index contributed by atoms with van der Waals surface area (Å²) in [4.78, 5) is 9.06. The second kappa shape index (κ2) is 6.18. The number of aromatic amines is 1. The van der Waals surface area contributed by atoms with E-state index in [1.54, 1.807) is 6.20 Å². The molecule has 2 N–H and O–H groups in total. The molecule has 25 heavy (non-hydrogen) atoms. The van der Waals surface area contributed by atoms with Crippen LogP contribution in [0.4, 0.5) is 11.5 Å². The molecule has 0 aliphatic heterocycles. The van der Waals surface area contributed by atoms with Crippen molar-refractivity contribution in [2.24, 2.45) is 0 Å². The number of nitrogens with one attached hydrogen (secondary N) is 2. The lowest BCUT2D eigenvalue weighted by Gasteiger charge is -2.11. The Kier molecular flexibility index (Phi) is 3.86. The van der Waals surface area contributed by atoms with Gasteiger partial charge in [0.15, 0.2) is 0 Å². The molecule has 0 amide bonds. The summed E-state index contributed by atoms with van der Waals surface area (Å²) in [6, 6.07) is 13.8. The van der Waals surface area contributed by atoms with Gasteiger partial charge in [0.05, 0.1) is 17.4 Å². The average Bonchev–Trinajstić information content (AvgIpc) is 3.04. The van der Waals surface area contributed by atoms with Crippen molar-refractivity contribution in [2.75, 3.05) is 5.32 Å². The minimum absolute atomic E-state index is 0.691. The van der Waals surface area contributed by atoms with E-state index in [2.05, 4.69) is 25.5 Å². The molecule has 0 aliphatic carbocycles. The third-order valence-electron chi connectivity index (χ3n) is 4.03. The predicted octanol–water partition coefficient (Wildman–Crippen LogP) is 5.03. The summed E-state index contributed by atoms with van der Waals surface area (Å²) >= 11 is 6.15. The van der Waals surface area contributed by atoms with Crippen LogP contribution < -0.4 is 5.32 Å². The van der Waals surface area contributed by atoms with Crippen molar-refractivity contribution in [1.29, 1.82) is 0 Å². The maximum atomic E-state index is 6.15. The van der Waals surface area contributed by atoms with Crippen LogP contribution in [0.15, 0.2) is 48.7 Å². The molecule has 0 bridgehead atoms. The molecule has 0 saturated carbocycles. The van der Waals surface area contributed by atoms with E-state index >= 15 is 0 Å². The standard InChI is InChI=1S/C19H16ClN5/c1-11-3-5-14(20)7-16(11)18-9-19(23-12(2)22-18)24-15-6-4-13-10-21-25-17(13)8-15/h3-10H,1-2H3,(H,21,25)(H,22,23,24). The second-order valence-corrected chi connectivity index (χ2v) is 6.38. The molecule has 0 radical (unpaired) electrons. The summed E-state index contributed by atoms with van der Waals surface area (Å²) < 4.78 is 0. The molecule has 0 atom stereocenters. The van der Waals surface area contributed by atoms with Gasteiger partial charge in [-0.1, -0.05) is 17.7 Å². The van der Waals surface area contributed by atoms with E-state index in [0.717, 1.165) is 39.2 Å². The molecule has 4 aromatic rings. The van der Waals surface area contributed by atoms with Crippen LogP contribution in [-0.2, 0) is 0 Å². The highest BCUT2D eigenvalue weighted by molar-refractivity contribution is 6.30. The van der Waals surface area contributed by atoms with Gasteiger partial charge in [-0.2, -0.15) is 5.10 Å². The topological polar surface area (TPSA) is 66.5 Å². The Morgan fingerprint density at radius 3 is 2.76 bits per heavy atom. The van der Waals surface area contributed by atoms with Gasteiger partial charge in [-0.25, -0.2) is 9.97 Å². The highest BCUT2D eigenvalue weighted by atomic mass is 35.5. The molecule has 2 aromatic carbocycles. The third-order valence-corrected chi connectivity index (χ3v) is 4.26. The lowest BCUT2D eigenvalue weighted by Crippen LogP contribution is -1.99. The largest absolute Gasteiger partial charge is 0.340 e. The smallest absolute Gasteiger partial charge is 0.134 e. The quantitative estimate of drug-likeness (QED) is 0.544. The summed E-state index contributed by atoms with van der Waals surface area (Å²) in [7, 11) is 0. The van der Waals surface area contributed by atoms with E-state index in [1.807, 2.05) is 56.3 Å². The van der Waals surface area contributed by atoms with Gasteiger partial charge >= 0.3 is 0 Å². The fourth-order valence-corrected chi connectivity index (χ4v) is 2.97. The fraction of sp³-hybridized carbons (Fsp3) is 0.105. The first kappa shape index (κ1) is 15.6. The minimum atomic E-state index is 0.691. The summed E-state index contributed by atoms with van der Waals surface area (Å²) in [5.41, 5.74) is 4.88. The first-order chi connectivity index (χ1) is 12.1. The molecule has 4 rings (SSSR count). The van der Waals surface area contributed by atoms with Crippen molar-refractivity contribution < 1.29 is 0 Å². The Bertz CT molecular complexity index is 1070. The van der Waals surface area contributed by atoms with Crippen molar-refractivity contribution in [3.8, 4) is 11.3 Å². The number of rotatable bonds is 3. The van der Waals surface area contributed by atoms with Gasteiger partial charge in [-0.05, 0) is 49.7 Å². The molecule has 2 aromatic heterocycles. The Hall–Kier alpha value is -2.92. The monoisotopic (exact) mass is 349 g/mol. The number of nitrogens with zero attached hydrogens (tertiary/aromatic N) is 3. The van der Waals surface area contributed by atoms with Crippen molar-refractivity contribution in [3.05, 3.63) is 65.1 Å². The summed E-state index contributed by atoms with van der Waals surface area (Å²) in [5, 5.41) is 12.1. The maximum absolute atomic E-state index is 6.15. The zero-order valence-electron chi connectivity index (χ0n) is 13.8. The van der Waals surface area contributed by atoms with Crippen LogP contribution in [0.5, 0.6) is 0 Å². The van der Waals surface area contributed by atoms with E-state index < -0.39 is 0 Å². The van der Waals surface area contributed by atoms with Crippen molar-refractivity contribution in [2.45, 2.75) is 13.8 Å². The van der Waals surface area contributed by atoms with Crippen molar-refractivity contribution in [1.82, 2.24) is 20.2 Å². The second-order valence-electron chi connectivity index (χ2n) is 5.94. The van der Waals surface area contributed by atoms with Gasteiger partial charge in [-0.15, -0.1) is 0 Å². The van der Waals surface area contributed by atoms with Crippen LogP contribution in [-0.4, -0.2) is 20.2 Å². The number of benzene rings is 2. The molecule has 5 nitrogen and oxygen atoms in total. The number of aryl methyl sites for hydroxylation is 2. The zero-order valence-corrected chi connectivity index (χ0v) is 14.6. The van der Waals surface area contributed by atoms with Crippen LogP contribution in [0.1, 0.15) is 11.4 Å². The van der Waals surface area contributed by atoms with Gasteiger partial charge in [-0.3, -0.25) is 5.10 Å². The van der Waals surface area contributed by atoms with E-state index in [4.69, 9.17) is 11.6 Å². The lowest BCUT2D eigenvalue weighted by atomic mass is 10.1. The molecule has 0 spiro atoms. The fourth-order valence-electron chi connectivity index (χ4n) is 2.80. The molecule has 0 aliphatic rings. The Morgan fingerprint density at radius 2 is 1.88 bits per heavy atom. The molecule has 0 unspecified atom stereocenters. The molecule has 124 valence electrons. The first-order valence-electron chi connectivity index (χ1n) is 7.91. The number of anilines is 2. The van der Waals surface area contributed by atoms with Gasteiger partial charge in [0.1, 0.15) is 11.6 Å². The molecular weight excluding hydrogens is 334 g/mol. The van der Waals surface area contributed by atoms with Gasteiger partial charge in [0.2, 0.25) is 0 Å². The number of fused-ring (bicyclic) bond motifs is 1. The number of halogens is 1. The maximum Gasteiger partial charge on any atom is 0.134 e. The normalized spacial score (nSPS) is 11.0. The number of H-pyrrole nitrogens is 1. The predicted molar refractivity (Wildman–Crippen MR) is 101 cm³/mol. The summed E-state index contributed by atoms with van der Waals surface area (Å²) in [6.45, 7) is 3.93. The van der Waals surface area contributed by atoms with E-state index in [-0.39, 0.29) is 0 Å². The van der Waals surface area contributed by atoms with Crippen LogP contribution >= 0.6 is 11.6 Å². The first-order valence-corrected chi connectivity index (χ1v) is 8.29. The molecular formula is C19H16ClN5. The van der Waals surface area contributed by atoms with E-state index in [1.165, 1.54) is 0 Å². The number of hydrogen-bond acceptors (Lipinski definition) is 4. The van der Waals surface area contributed by atoms with Crippen molar-refractivity contribution in [3.63, 3.8) is 0 Å². The molecule has 2 heterocycles. The average molecular weight is 350 g/mol. The highest BCUT2D eigenvalue weighted by Gasteiger charge is 2.09. The van der Waals surface area contributed by atoms with Crippen LogP contribution in [0.3, 0.4) is 0 Å². The van der Waals surface area contributed by atoms with E-state index in [0.29, 0.717) is 10.8 Å². The van der Waals surface area contributed by atoms with Gasteiger partial charge in [0, 0.05) is 27.7 Å².